The van der Waals surface area contributed by atoms with Crippen LogP contribution in [0.25, 0.3) is 0 Å². The summed E-state index contributed by atoms with van der Waals surface area (Å²) in [4.78, 5) is 11.6. The van der Waals surface area contributed by atoms with Crippen molar-refractivity contribution in [3.05, 3.63) is 25.3 Å². The van der Waals surface area contributed by atoms with Crippen molar-refractivity contribution in [1.82, 2.24) is 0 Å². The summed E-state index contributed by atoms with van der Waals surface area (Å²) in [5.41, 5.74) is 0. The summed E-state index contributed by atoms with van der Waals surface area (Å²) in [7, 11) is 0. The van der Waals surface area contributed by atoms with Crippen LogP contribution in [0.3, 0.4) is 0 Å². The Hall–Kier alpha value is -1.21. The minimum Gasteiger partial charge on any atom is -0.462 e. The summed E-state index contributed by atoms with van der Waals surface area (Å²) in [6.45, 7) is 12.1. The van der Waals surface area contributed by atoms with Crippen molar-refractivity contribution in [1.29, 1.82) is 0 Å². The third-order valence-corrected chi connectivity index (χ3v) is 3.91. The van der Waals surface area contributed by atoms with Crippen LogP contribution in [0.2, 0.25) is 0 Å². The number of allylic oxidation sites excluding steroid dienone is 2. The second-order valence-electron chi connectivity index (χ2n) is 6.12. The molecule has 146 valence electrons. The molecule has 0 spiro atoms. The van der Waals surface area contributed by atoms with E-state index in [0.717, 1.165) is 25.7 Å². The highest BCUT2D eigenvalue weighted by Crippen LogP contribution is 2.25. The van der Waals surface area contributed by atoms with E-state index in [-0.39, 0.29) is 19.1 Å². The standard InChI is InChI=1S/C12H20O4.C7H14O2/c1-4-6-7-10-8-15-12(3,16-9-10)11(13)14-5-2;1-2-3-4-7(5-8)6-9/h4,10H,1,5-9H2,2-3H3;2,7-9H,1,3-6H2. The second kappa shape index (κ2) is 14.0. The first kappa shape index (κ1) is 23.8. The highest BCUT2D eigenvalue weighted by atomic mass is 16.7. The fraction of sp³-hybridized carbons (Fsp3) is 0.737. The smallest absolute Gasteiger partial charge is 0.366 e. The molecule has 0 atom stereocenters. The molecule has 0 radical (unpaired) electrons. The molecule has 25 heavy (non-hydrogen) atoms. The summed E-state index contributed by atoms with van der Waals surface area (Å²) in [5, 5.41) is 17.1. The van der Waals surface area contributed by atoms with Gasteiger partial charge in [0.05, 0.1) is 19.8 Å². The van der Waals surface area contributed by atoms with Gasteiger partial charge in [-0.3, -0.25) is 0 Å². The number of rotatable bonds is 10. The van der Waals surface area contributed by atoms with Crippen LogP contribution >= 0.6 is 0 Å². The number of ether oxygens (including phenoxy) is 3. The van der Waals surface area contributed by atoms with E-state index in [2.05, 4.69) is 13.2 Å². The molecule has 1 aliphatic rings. The van der Waals surface area contributed by atoms with Crippen LogP contribution in [0.5, 0.6) is 0 Å². The van der Waals surface area contributed by atoms with Crippen LogP contribution in [0, 0.1) is 11.8 Å². The van der Waals surface area contributed by atoms with Crippen LogP contribution in [-0.4, -0.2) is 55.0 Å². The normalized spacial score (nSPS) is 22.7. The van der Waals surface area contributed by atoms with Crippen molar-refractivity contribution in [2.75, 3.05) is 33.0 Å². The number of hydrogen-bond donors (Lipinski definition) is 2. The van der Waals surface area contributed by atoms with Gasteiger partial charge in [0.25, 0.3) is 5.79 Å². The summed E-state index contributed by atoms with van der Waals surface area (Å²) < 4.78 is 15.8. The Morgan fingerprint density at radius 3 is 2.24 bits per heavy atom. The molecule has 0 aromatic heterocycles. The van der Waals surface area contributed by atoms with Gasteiger partial charge in [0.1, 0.15) is 0 Å². The van der Waals surface area contributed by atoms with Gasteiger partial charge in [0, 0.05) is 32.0 Å². The van der Waals surface area contributed by atoms with Crippen LogP contribution in [0.4, 0.5) is 0 Å². The zero-order valence-electron chi connectivity index (χ0n) is 15.6. The second-order valence-corrected chi connectivity index (χ2v) is 6.12. The maximum atomic E-state index is 11.6. The highest BCUT2D eigenvalue weighted by Gasteiger charge is 2.41. The van der Waals surface area contributed by atoms with Gasteiger partial charge in [-0.1, -0.05) is 12.2 Å². The Bertz CT molecular complexity index is 370. The van der Waals surface area contributed by atoms with E-state index in [0.29, 0.717) is 25.7 Å². The minimum absolute atomic E-state index is 0.0444. The predicted octanol–water partition coefficient (Wildman–Crippen LogP) is 2.45. The highest BCUT2D eigenvalue weighted by molar-refractivity contribution is 5.77. The topological polar surface area (TPSA) is 85.2 Å². The molecule has 0 aromatic rings. The first-order valence-corrected chi connectivity index (χ1v) is 8.85. The van der Waals surface area contributed by atoms with Crippen LogP contribution in [0.15, 0.2) is 25.3 Å². The van der Waals surface area contributed by atoms with Crippen LogP contribution in [0.1, 0.15) is 39.5 Å². The van der Waals surface area contributed by atoms with Gasteiger partial charge in [-0.2, -0.15) is 0 Å². The Labute approximate surface area is 151 Å². The molecule has 0 amide bonds. The average Bonchev–Trinajstić information content (AvgIpc) is 2.63. The van der Waals surface area contributed by atoms with Crippen molar-refractivity contribution >= 4 is 5.97 Å². The lowest BCUT2D eigenvalue weighted by Gasteiger charge is -2.35. The maximum Gasteiger partial charge on any atom is 0.366 e. The van der Waals surface area contributed by atoms with E-state index in [9.17, 15) is 4.79 Å². The number of esters is 1. The molecule has 1 fully saturated rings. The molecular formula is C19H34O6. The molecule has 0 aromatic carbocycles. The van der Waals surface area contributed by atoms with E-state index in [1.54, 1.807) is 19.9 Å². The fourth-order valence-electron chi connectivity index (χ4n) is 2.14. The lowest BCUT2D eigenvalue weighted by Crippen LogP contribution is -2.48. The molecule has 0 saturated carbocycles. The average molecular weight is 358 g/mol. The molecule has 0 bridgehead atoms. The molecule has 0 unspecified atom stereocenters. The SMILES string of the molecule is C=CCCC(CO)CO.C=CCCC1COC(C)(C(=O)OCC)OC1. The van der Waals surface area contributed by atoms with Gasteiger partial charge in [-0.05, 0) is 32.6 Å². The summed E-state index contributed by atoms with van der Waals surface area (Å²) in [6, 6.07) is 0. The van der Waals surface area contributed by atoms with Crippen molar-refractivity contribution in [3.8, 4) is 0 Å². The first-order valence-electron chi connectivity index (χ1n) is 8.85. The Morgan fingerprint density at radius 2 is 1.80 bits per heavy atom. The fourth-order valence-corrected chi connectivity index (χ4v) is 2.14. The molecule has 1 saturated heterocycles. The van der Waals surface area contributed by atoms with E-state index < -0.39 is 11.8 Å². The van der Waals surface area contributed by atoms with Crippen LogP contribution < -0.4 is 0 Å². The molecule has 1 rings (SSSR count). The third kappa shape index (κ3) is 9.75. The number of carbonyl (C=O) groups excluding carboxylic acids is 1. The van der Waals surface area contributed by atoms with Gasteiger partial charge < -0.3 is 24.4 Å². The molecule has 2 N–H and O–H groups in total. The zero-order valence-corrected chi connectivity index (χ0v) is 15.6. The summed E-state index contributed by atoms with van der Waals surface area (Å²) in [6.07, 6.45) is 7.27. The number of hydrogen-bond acceptors (Lipinski definition) is 6. The van der Waals surface area contributed by atoms with Gasteiger partial charge in [-0.25, -0.2) is 4.79 Å². The van der Waals surface area contributed by atoms with Gasteiger partial charge in [0.2, 0.25) is 0 Å². The largest absolute Gasteiger partial charge is 0.462 e. The lowest BCUT2D eigenvalue weighted by molar-refractivity contribution is -0.273. The molecule has 1 aliphatic heterocycles. The molecular weight excluding hydrogens is 324 g/mol. The monoisotopic (exact) mass is 358 g/mol. The third-order valence-electron chi connectivity index (χ3n) is 3.91. The predicted molar refractivity (Wildman–Crippen MR) is 97.0 cm³/mol. The number of aliphatic hydroxyl groups is 2. The maximum absolute atomic E-state index is 11.6. The van der Waals surface area contributed by atoms with Crippen molar-refractivity contribution in [3.63, 3.8) is 0 Å². The van der Waals surface area contributed by atoms with Crippen LogP contribution in [-0.2, 0) is 19.0 Å². The Kier molecular flexibility index (Phi) is 13.3. The molecule has 6 heteroatoms. The summed E-state index contributed by atoms with van der Waals surface area (Å²) >= 11 is 0. The molecule has 0 aliphatic carbocycles. The quantitative estimate of drug-likeness (QED) is 0.461. The van der Waals surface area contributed by atoms with Crippen molar-refractivity contribution in [2.24, 2.45) is 11.8 Å². The zero-order chi connectivity index (χ0) is 19.1. The molecule has 6 nitrogen and oxygen atoms in total. The van der Waals surface area contributed by atoms with E-state index in [4.69, 9.17) is 24.4 Å². The first-order chi connectivity index (χ1) is 12.0. The summed E-state index contributed by atoms with van der Waals surface area (Å²) in [5.74, 6) is -1.29. The van der Waals surface area contributed by atoms with Gasteiger partial charge in [-0.15, -0.1) is 13.2 Å². The Morgan fingerprint density at radius 1 is 1.24 bits per heavy atom. The van der Waals surface area contributed by atoms with E-state index >= 15 is 0 Å². The lowest BCUT2D eigenvalue weighted by atomic mass is 10.0. The number of carbonyl (C=O) groups is 1. The van der Waals surface area contributed by atoms with E-state index in [1.165, 1.54) is 0 Å². The van der Waals surface area contributed by atoms with E-state index in [1.807, 2.05) is 6.08 Å². The molecule has 1 heterocycles. The number of aliphatic hydroxyl groups excluding tert-OH is 2. The van der Waals surface area contributed by atoms with Crippen molar-refractivity contribution < 1.29 is 29.2 Å². The van der Waals surface area contributed by atoms with Gasteiger partial charge >= 0.3 is 5.97 Å². The minimum atomic E-state index is -1.22. The van der Waals surface area contributed by atoms with Gasteiger partial charge in [0.15, 0.2) is 0 Å². The Balaban J connectivity index is 0.000000547. The van der Waals surface area contributed by atoms with Crippen molar-refractivity contribution in [2.45, 2.75) is 45.3 Å².